The van der Waals surface area contributed by atoms with E-state index in [2.05, 4.69) is 10.6 Å². The largest absolute Gasteiger partial charge is 0.326 e. The standard InChI is InChI=1S/C22H24Cl2N2O2S/c1-14(21(27)26-20-12-16(23)10-11-19(20)24)29-18-9-5-8-17(13-18)25-22(28)15-6-3-2-4-7-15/h5,8-15H,2-4,6-7H2,1H3,(H,25,28)(H,26,27). The van der Waals surface area contributed by atoms with Crippen LogP contribution in [0.3, 0.4) is 0 Å². The van der Waals surface area contributed by atoms with Gasteiger partial charge in [0.2, 0.25) is 11.8 Å². The van der Waals surface area contributed by atoms with Crippen LogP contribution in [0.1, 0.15) is 39.0 Å². The predicted octanol–water partition coefficient (Wildman–Crippen LogP) is 6.63. The topological polar surface area (TPSA) is 58.2 Å². The number of benzene rings is 2. The average molecular weight is 451 g/mol. The van der Waals surface area contributed by atoms with Gasteiger partial charge < -0.3 is 10.6 Å². The maximum Gasteiger partial charge on any atom is 0.237 e. The lowest BCUT2D eigenvalue weighted by Crippen LogP contribution is -2.24. The molecule has 29 heavy (non-hydrogen) atoms. The molecule has 0 spiro atoms. The van der Waals surface area contributed by atoms with E-state index in [0.29, 0.717) is 15.7 Å². The number of thioether (sulfide) groups is 1. The molecule has 154 valence electrons. The molecule has 4 nitrogen and oxygen atoms in total. The quantitative estimate of drug-likeness (QED) is 0.485. The lowest BCUT2D eigenvalue weighted by molar-refractivity contribution is -0.120. The van der Waals surface area contributed by atoms with Crippen LogP contribution in [0.2, 0.25) is 10.0 Å². The number of hydrogen-bond acceptors (Lipinski definition) is 3. The third kappa shape index (κ3) is 6.39. The molecule has 2 aromatic carbocycles. The Morgan fingerprint density at radius 2 is 1.79 bits per heavy atom. The second-order valence-electron chi connectivity index (χ2n) is 7.23. The Bertz CT molecular complexity index is 885. The molecule has 2 amide bonds. The van der Waals surface area contributed by atoms with Gasteiger partial charge in [-0.25, -0.2) is 0 Å². The summed E-state index contributed by atoms with van der Waals surface area (Å²) in [5.41, 5.74) is 1.25. The van der Waals surface area contributed by atoms with Crippen molar-refractivity contribution in [2.75, 3.05) is 10.6 Å². The zero-order valence-electron chi connectivity index (χ0n) is 16.2. The highest BCUT2D eigenvalue weighted by Gasteiger charge is 2.21. The summed E-state index contributed by atoms with van der Waals surface area (Å²) in [6.45, 7) is 1.83. The lowest BCUT2D eigenvalue weighted by Gasteiger charge is -2.21. The fourth-order valence-electron chi connectivity index (χ4n) is 3.34. The fourth-order valence-corrected chi connectivity index (χ4v) is 4.60. The van der Waals surface area contributed by atoms with Gasteiger partial charge in [-0.15, -0.1) is 11.8 Å². The van der Waals surface area contributed by atoms with Gasteiger partial charge in [-0.05, 0) is 56.2 Å². The molecule has 0 heterocycles. The molecule has 7 heteroatoms. The van der Waals surface area contributed by atoms with E-state index in [-0.39, 0.29) is 23.0 Å². The second kappa shape index (κ2) is 10.4. The Hall–Kier alpha value is -1.69. The SMILES string of the molecule is CC(Sc1cccc(NC(=O)C2CCCCC2)c1)C(=O)Nc1cc(Cl)ccc1Cl. The van der Waals surface area contributed by atoms with Crippen molar-refractivity contribution >= 4 is 58.2 Å². The Balaban J connectivity index is 1.59. The number of nitrogens with one attached hydrogen (secondary N) is 2. The number of hydrogen-bond donors (Lipinski definition) is 2. The van der Waals surface area contributed by atoms with Gasteiger partial charge in [-0.2, -0.15) is 0 Å². The molecule has 1 unspecified atom stereocenters. The first-order valence-electron chi connectivity index (χ1n) is 9.76. The minimum absolute atomic E-state index is 0.0910. The van der Waals surface area contributed by atoms with Crippen molar-refractivity contribution in [3.05, 3.63) is 52.5 Å². The zero-order chi connectivity index (χ0) is 20.8. The molecule has 0 aliphatic heterocycles. The summed E-state index contributed by atoms with van der Waals surface area (Å²) < 4.78 is 0. The number of rotatable bonds is 6. The highest BCUT2D eigenvalue weighted by atomic mass is 35.5. The van der Waals surface area contributed by atoms with E-state index in [0.717, 1.165) is 36.3 Å². The van der Waals surface area contributed by atoms with Crippen molar-refractivity contribution in [1.29, 1.82) is 0 Å². The molecular weight excluding hydrogens is 427 g/mol. The third-order valence-corrected chi connectivity index (χ3v) is 6.60. The summed E-state index contributed by atoms with van der Waals surface area (Å²) in [7, 11) is 0. The van der Waals surface area contributed by atoms with Crippen molar-refractivity contribution in [1.82, 2.24) is 0 Å². The Labute approximate surface area is 185 Å². The predicted molar refractivity (Wildman–Crippen MR) is 122 cm³/mol. The van der Waals surface area contributed by atoms with Crippen LogP contribution in [0.15, 0.2) is 47.4 Å². The molecule has 0 saturated heterocycles. The maximum absolute atomic E-state index is 12.5. The van der Waals surface area contributed by atoms with Gasteiger partial charge in [0, 0.05) is 21.5 Å². The van der Waals surface area contributed by atoms with Gasteiger partial charge in [0.1, 0.15) is 0 Å². The van der Waals surface area contributed by atoms with Crippen LogP contribution < -0.4 is 10.6 Å². The Kier molecular flexibility index (Phi) is 7.87. The first-order chi connectivity index (χ1) is 13.9. The average Bonchev–Trinajstić information content (AvgIpc) is 2.71. The molecule has 1 fully saturated rings. The summed E-state index contributed by atoms with van der Waals surface area (Å²) in [5.74, 6) is 0.0243. The van der Waals surface area contributed by atoms with Crippen LogP contribution in [-0.4, -0.2) is 17.1 Å². The second-order valence-corrected chi connectivity index (χ2v) is 9.48. The van der Waals surface area contributed by atoms with Crippen LogP contribution >= 0.6 is 35.0 Å². The van der Waals surface area contributed by atoms with E-state index in [4.69, 9.17) is 23.2 Å². The van der Waals surface area contributed by atoms with Gasteiger partial charge >= 0.3 is 0 Å². The maximum atomic E-state index is 12.5. The molecule has 2 aromatic rings. The number of amides is 2. The first-order valence-corrected chi connectivity index (χ1v) is 11.4. The highest BCUT2D eigenvalue weighted by Crippen LogP contribution is 2.30. The molecule has 0 radical (unpaired) electrons. The van der Waals surface area contributed by atoms with Crippen molar-refractivity contribution in [3.8, 4) is 0 Å². The Morgan fingerprint density at radius 1 is 1.03 bits per heavy atom. The Morgan fingerprint density at radius 3 is 2.55 bits per heavy atom. The molecule has 1 aliphatic carbocycles. The van der Waals surface area contributed by atoms with E-state index in [9.17, 15) is 9.59 Å². The normalized spacial score (nSPS) is 15.6. The summed E-state index contributed by atoms with van der Waals surface area (Å²) >= 11 is 13.5. The summed E-state index contributed by atoms with van der Waals surface area (Å²) in [5, 5.41) is 6.43. The van der Waals surface area contributed by atoms with E-state index < -0.39 is 0 Å². The van der Waals surface area contributed by atoms with Crippen LogP contribution in [-0.2, 0) is 9.59 Å². The lowest BCUT2D eigenvalue weighted by atomic mass is 9.88. The van der Waals surface area contributed by atoms with Gasteiger partial charge in [-0.3, -0.25) is 9.59 Å². The van der Waals surface area contributed by atoms with Gasteiger partial charge in [0.15, 0.2) is 0 Å². The fraction of sp³-hybridized carbons (Fsp3) is 0.364. The minimum atomic E-state index is -0.352. The summed E-state index contributed by atoms with van der Waals surface area (Å²) in [6, 6.07) is 12.5. The minimum Gasteiger partial charge on any atom is -0.326 e. The molecule has 0 bridgehead atoms. The van der Waals surface area contributed by atoms with Crippen LogP contribution in [0, 0.1) is 5.92 Å². The van der Waals surface area contributed by atoms with Gasteiger partial charge in [-0.1, -0.05) is 48.5 Å². The number of anilines is 2. The highest BCUT2D eigenvalue weighted by molar-refractivity contribution is 8.00. The molecule has 0 aromatic heterocycles. The smallest absolute Gasteiger partial charge is 0.237 e. The van der Waals surface area contributed by atoms with Crippen molar-refractivity contribution < 1.29 is 9.59 Å². The molecule has 1 saturated carbocycles. The van der Waals surface area contributed by atoms with Crippen molar-refractivity contribution in [3.63, 3.8) is 0 Å². The monoisotopic (exact) mass is 450 g/mol. The van der Waals surface area contributed by atoms with Crippen molar-refractivity contribution in [2.45, 2.75) is 49.2 Å². The van der Waals surface area contributed by atoms with Crippen LogP contribution in [0.25, 0.3) is 0 Å². The number of carbonyl (C=O) groups excluding carboxylic acids is 2. The number of carbonyl (C=O) groups is 2. The zero-order valence-corrected chi connectivity index (χ0v) is 18.5. The molecule has 3 rings (SSSR count). The van der Waals surface area contributed by atoms with E-state index in [1.807, 2.05) is 31.2 Å². The summed E-state index contributed by atoms with van der Waals surface area (Å²) in [4.78, 5) is 25.9. The van der Waals surface area contributed by atoms with Crippen molar-refractivity contribution in [2.24, 2.45) is 5.92 Å². The first kappa shape index (κ1) is 22.0. The number of halogens is 2. The molecule has 1 atom stereocenters. The van der Waals surface area contributed by atoms with E-state index in [1.165, 1.54) is 18.2 Å². The molecule has 1 aliphatic rings. The van der Waals surface area contributed by atoms with Gasteiger partial charge in [0.25, 0.3) is 0 Å². The van der Waals surface area contributed by atoms with Crippen LogP contribution in [0.4, 0.5) is 11.4 Å². The van der Waals surface area contributed by atoms with E-state index >= 15 is 0 Å². The van der Waals surface area contributed by atoms with E-state index in [1.54, 1.807) is 18.2 Å². The third-order valence-electron chi connectivity index (χ3n) is 4.95. The molecular formula is C22H24Cl2N2O2S. The molecule has 2 N–H and O–H groups in total. The van der Waals surface area contributed by atoms with Crippen LogP contribution in [0.5, 0.6) is 0 Å². The van der Waals surface area contributed by atoms with Gasteiger partial charge in [0.05, 0.1) is 16.0 Å². The summed E-state index contributed by atoms with van der Waals surface area (Å²) in [6.07, 6.45) is 5.39.